The number of hydrogen-bond acceptors (Lipinski definition) is 2. The molecule has 0 aliphatic carbocycles. The highest BCUT2D eigenvalue weighted by Crippen LogP contribution is 1.97. The van der Waals surface area contributed by atoms with Crippen LogP contribution in [0.3, 0.4) is 0 Å². The van der Waals surface area contributed by atoms with Crippen molar-refractivity contribution in [3.05, 3.63) is 49.1 Å². The highest BCUT2D eigenvalue weighted by Gasteiger charge is 2.03. The molecule has 0 amide bonds. The van der Waals surface area contributed by atoms with E-state index in [-0.39, 0.29) is 11.5 Å². The van der Waals surface area contributed by atoms with Crippen molar-refractivity contribution in [1.29, 1.82) is 0 Å². The van der Waals surface area contributed by atoms with E-state index in [1.165, 1.54) is 12.1 Å². The summed E-state index contributed by atoms with van der Waals surface area (Å²) in [4.78, 5) is 0. The summed E-state index contributed by atoms with van der Waals surface area (Å²) < 4.78 is 3.73. The molecule has 0 unspecified atom stereocenters. The van der Waals surface area contributed by atoms with Crippen molar-refractivity contribution in [2.75, 3.05) is 0 Å². The molecule has 88 valence electrons. The third-order valence-corrected chi connectivity index (χ3v) is 2.49. The van der Waals surface area contributed by atoms with Crippen LogP contribution in [0.25, 0.3) is 0 Å². The molecule has 4 heteroatoms. The van der Waals surface area contributed by atoms with E-state index in [1.807, 2.05) is 21.5 Å². The van der Waals surface area contributed by atoms with Crippen LogP contribution in [0.15, 0.2) is 49.1 Å². The van der Waals surface area contributed by atoms with Gasteiger partial charge < -0.3 is 10.2 Å². The van der Waals surface area contributed by atoms with Crippen LogP contribution in [-0.2, 0) is 13.1 Å². The Morgan fingerprint density at radius 3 is 1.71 bits per heavy atom. The summed E-state index contributed by atoms with van der Waals surface area (Å²) in [6.45, 7) is 1.54. The quantitative estimate of drug-likeness (QED) is 0.665. The van der Waals surface area contributed by atoms with E-state index >= 15 is 0 Å². The van der Waals surface area contributed by atoms with Gasteiger partial charge in [0.1, 0.15) is 0 Å². The van der Waals surface area contributed by atoms with Crippen molar-refractivity contribution in [1.82, 2.24) is 0 Å². The number of aryl methyl sites for hydroxylation is 2. The topological polar surface area (TPSA) is 53.9 Å². The number of nitrogens with zero attached hydrogens (tertiary/aromatic N) is 2. The summed E-state index contributed by atoms with van der Waals surface area (Å²) >= 11 is 0. The second-order valence-electron chi connectivity index (χ2n) is 3.91. The van der Waals surface area contributed by atoms with Crippen molar-refractivity contribution in [2.45, 2.75) is 19.5 Å². The molecule has 0 aromatic carbocycles. The van der Waals surface area contributed by atoms with Gasteiger partial charge in [-0.25, -0.2) is 9.13 Å². The summed E-state index contributed by atoms with van der Waals surface area (Å²) in [7, 11) is 0. The summed E-state index contributed by atoms with van der Waals surface area (Å²) in [5.41, 5.74) is 0. The lowest BCUT2D eigenvalue weighted by atomic mass is 10.3. The summed E-state index contributed by atoms with van der Waals surface area (Å²) in [6.07, 6.45) is 7.78. The molecule has 0 N–H and O–H groups in total. The molecule has 17 heavy (non-hydrogen) atoms. The van der Waals surface area contributed by atoms with Gasteiger partial charge in [-0.1, -0.05) is 12.1 Å². The van der Waals surface area contributed by atoms with Gasteiger partial charge in [0, 0.05) is 12.1 Å². The Labute approximate surface area is 100 Å². The van der Waals surface area contributed by atoms with Gasteiger partial charge in [-0.05, 0) is 11.5 Å². The molecular formula is C13H14N2O2. The zero-order valence-electron chi connectivity index (χ0n) is 9.45. The van der Waals surface area contributed by atoms with Crippen molar-refractivity contribution in [2.24, 2.45) is 0 Å². The molecule has 2 aromatic heterocycles. The highest BCUT2D eigenvalue weighted by atomic mass is 16.3. The molecule has 0 saturated heterocycles. The minimum atomic E-state index is 0.0155. The lowest BCUT2D eigenvalue weighted by Gasteiger charge is -2.03. The number of hydrogen-bond donors (Lipinski definition) is 0. The Balaban J connectivity index is 1.87. The van der Waals surface area contributed by atoms with Crippen LogP contribution in [0.1, 0.15) is 6.42 Å². The van der Waals surface area contributed by atoms with E-state index in [9.17, 15) is 10.2 Å². The first kappa shape index (κ1) is 11.4. The molecule has 0 aliphatic rings. The minimum absolute atomic E-state index is 0.0155. The highest BCUT2D eigenvalue weighted by molar-refractivity contribution is 5.08. The standard InChI is InChI=1S/C13H14N2O2/c16-12-4-1-6-14(10-12)8-3-9-15-7-2-5-13(17)11-15/h1-2,4-7,10-11H,3,8-9H2. The first-order valence-electron chi connectivity index (χ1n) is 5.56. The number of rotatable bonds is 4. The first-order chi connectivity index (χ1) is 8.24. The van der Waals surface area contributed by atoms with E-state index in [2.05, 4.69) is 0 Å². The zero-order valence-corrected chi connectivity index (χ0v) is 9.45. The van der Waals surface area contributed by atoms with Crippen molar-refractivity contribution in [3.63, 3.8) is 0 Å². The predicted molar refractivity (Wildman–Crippen MR) is 56.8 cm³/mol. The summed E-state index contributed by atoms with van der Waals surface area (Å²) in [6, 6.07) is 6.56. The molecule has 0 saturated carbocycles. The minimum Gasteiger partial charge on any atom is -0.868 e. The van der Waals surface area contributed by atoms with Gasteiger partial charge in [0.05, 0.1) is 6.42 Å². The Morgan fingerprint density at radius 1 is 0.824 bits per heavy atom. The third-order valence-electron chi connectivity index (χ3n) is 2.49. The average Bonchev–Trinajstić information content (AvgIpc) is 2.29. The average molecular weight is 230 g/mol. The van der Waals surface area contributed by atoms with Gasteiger partial charge in [-0.3, -0.25) is 0 Å². The van der Waals surface area contributed by atoms with Crippen molar-refractivity contribution in [3.8, 4) is 11.5 Å². The first-order valence-corrected chi connectivity index (χ1v) is 5.56. The van der Waals surface area contributed by atoms with E-state index in [1.54, 1.807) is 24.5 Å². The molecule has 2 aromatic rings. The maximum absolute atomic E-state index is 11.1. The molecule has 2 heterocycles. The summed E-state index contributed by atoms with van der Waals surface area (Å²) in [5.74, 6) is 0.0309. The second-order valence-corrected chi connectivity index (χ2v) is 3.91. The fraction of sp³-hybridized carbons (Fsp3) is 0.231. The van der Waals surface area contributed by atoms with Gasteiger partial charge in [-0.15, -0.1) is 0 Å². The zero-order chi connectivity index (χ0) is 12.1. The molecule has 0 radical (unpaired) electrons. The van der Waals surface area contributed by atoms with E-state index in [0.29, 0.717) is 0 Å². The second kappa shape index (κ2) is 5.30. The SMILES string of the molecule is [O-]c1ccc[n+](CCC[n+]2cccc([O-])c2)c1. The van der Waals surface area contributed by atoms with Gasteiger partial charge in [-0.2, -0.15) is 0 Å². The fourth-order valence-electron chi connectivity index (χ4n) is 1.71. The third kappa shape index (κ3) is 3.45. The Kier molecular flexibility index (Phi) is 3.55. The Hall–Kier alpha value is -2.10. The summed E-state index contributed by atoms with van der Waals surface area (Å²) in [5, 5.41) is 22.2. The Morgan fingerprint density at radius 2 is 1.29 bits per heavy atom. The number of aromatic nitrogens is 2. The van der Waals surface area contributed by atoms with E-state index in [0.717, 1.165) is 19.5 Å². The largest absolute Gasteiger partial charge is 0.868 e. The monoisotopic (exact) mass is 230 g/mol. The van der Waals surface area contributed by atoms with Crippen molar-refractivity contribution >= 4 is 0 Å². The molecular weight excluding hydrogens is 216 g/mol. The van der Waals surface area contributed by atoms with Crippen LogP contribution < -0.4 is 19.3 Å². The maximum Gasteiger partial charge on any atom is 0.168 e. The lowest BCUT2D eigenvalue weighted by Crippen LogP contribution is -2.38. The van der Waals surface area contributed by atoms with Gasteiger partial charge in [0.15, 0.2) is 37.9 Å². The van der Waals surface area contributed by atoms with Crippen LogP contribution in [-0.4, -0.2) is 0 Å². The van der Waals surface area contributed by atoms with Gasteiger partial charge in [0.25, 0.3) is 0 Å². The molecule has 0 atom stereocenters. The molecule has 0 bridgehead atoms. The van der Waals surface area contributed by atoms with Crippen LogP contribution >= 0.6 is 0 Å². The van der Waals surface area contributed by atoms with Gasteiger partial charge in [0.2, 0.25) is 0 Å². The van der Waals surface area contributed by atoms with E-state index in [4.69, 9.17) is 0 Å². The Bertz CT molecular complexity index is 455. The fourth-order valence-corrected chi connectivity index (χ4v) is 1.71. The molecule has 0 aliphatic heterocycles. The predicted octanol–water partition coefficient (Wildman–Crippen LogP) is -0.501. The van der Waals surface area contributed by atoms with Crippen LogP contribution in [0.4, 0.5) is 0 Å². The van der Waals surface area contributed by atoms with Crippen molar-refractivity contribution < 1.29 is 19.3 Å². The molecule has 4 nitrogen and oxygen atoms in total. The molecule has 0 fully saturated rings. The van der Waals surface area contributed by atoms with Gasteiger partial charge >= 0.3 is 0 Å². The molecule has 2 rings (SSSR count). The van der Waals surface area contributed by atoms with Crippen LogP contribution in [0, 0.1) is 0 Å². The van der Waals surface area contributed by atoms with Crippen LogP contribution in [0.2, 0.25) is 0 Å². The van der Waals surface area contributed by atoms with E-state index < -0.39 is 0 Å². The lowest BCUT2D eigenvalue weighted by molar-refractivity contribution is -0.728. The number of pyridine rings is 2. The maximum atomic E-state index is 11.1. The molecule has 0 spiro atoms. The smallest absolute Gasteiger partial charge is 0.168 e. The van der Waals surface area contributed by atoms with Crippen LogP contribution in [0.5, 0.6) is 11.5 Å². The normalized spacial score (nSPS) is 10.4.